The van der Waals surface area contributed by atoms with Crippen LogP contribution < -0.4 is 10.6 Å². The van der Waals surface area contributed by atoms with E-state index < -0.39 is 0 Å². The highest BCUT2D eigenvalue weighted by Gasteiger charge is 2.51. The van der Waals surface area contributed by atoms with Crippen molar-refractivity contribution < 1.29 is 9.59 Å². The molecular weight excluding hydrogens is 348 g/mol. The zero-order valence-electron chi connectivity index (χ0n) is 17.1. The Kier molecular flexibility index (Phi) is 5.75. The van der Waals surface area contributed by atoms with Crippen molar-refractivity contribution in [3.8, 4) is 0 Å². The number of hydrogen-bond donors (Lipinski definition) is 2. The van der Waals surface area contributed by atoms with E-state index in [0.29, 0.717) is 25.9 Å². The Labute approximate surface area is 168 Å². The third-order valence-electron chi connectivity index (χ3n) is 7.23. The first-order valence-corrected chi connectivity index (χ1v) is 11.1. The number of benzene rings is 1. The molecule has 0 spiro atoms. The van der Waals surface area contributed by atoms with Gasteiger partial charge in [0.05, 0.1) is 0 Å². The molecule has 4 aliphatic rings. The molecule has 4 saturated carbocycles. The molecule has 0 aliphatic heterocycles. The summed E-state index contributed by atoms with van der Waals surface area (Å²) in [5, 5.41) is 5.96. The number of rotatable bonds is 8. The highest BCUT2D eigenvalue weighted by atomic mass is 16.2. The molecule has 1 aromatic carbocycles. The van der Waals surface area contributed by atoms with E-state index in [4.69, 9.17) is 0 Å². The molecule has 1 aromatic rings. The van der Waals surface area contributed by atoms with Gasteiger partial charge < -0.3 is 10.6 Å². The molecular formula is C24H34N2O2. The van der Waals surface area contributed by atoms with Gasteiger partial charge >= 0.3 is 0 Å². The van der Waals surface area contributed by atoms with Crippen molar-refractivity contribution in [3.05, 3.63) is 35.4 Å². The van der Waals surface area contributed by atoms with Crippen LogP contribution in [0.15, 0.2) is 24.3 Å². The first kappa shape index (κ1) is 19.5. The number of carbonyl (C=O) groups excluding carboxylic acids is 2. The van der Waals surface area contributed by atoms with Gasteiger partial charge in [0.25, 0.3) is 0 Å². The lowest BCUT2D eigenvalue weighted by molar-refractivity contribution is -0.129. The predicted molar refractivity (Wildman–Crippen MR) is 111 cm³/mol. The average molecular weight is 383 g/mol. The van der Waals surface area contributed by atoms with Crippen molar-refractivity contribution in [3.63, 3.8) is 0 Å². The Balaban J connectivity index is 1.12. The van der Waals surface area contributed by atoms with Crippen LogP contribution >= 0.6 is 0 Å². The highest BCUT2D eigenvalue weighted by Crippen LogP contribution is 2.61. The number of amides is 2. The third kappa shape index (κ3) is 4.76. The quantitative estimate of drug-likeness (QED) is 0.673. The minimum absolute atomic E-state index is 0.0518. The van der Waals surface area contributed by atoms with Crippen LogP contribution in [0.2, 0.25) is 0 Å². The summed E-state index contributed by atoms with van der Waals surface area (Å²) in [6.45, 7) is 3.11. The molecule has 5 rings (SSSR count). The van der Waals surface area contributed by atoms with Crippen LogP contribution in [0.3, 0.4) is 0 Å². The minimum Gasteiger partial charge on any atom is -0.354 e. The van der Waals surface area contributed by atoms with Crippen LogP contribution in [0.5, 0.6) is 0 Å². The number of carbonyl (C=O) groups is 2. The highest BCUT2D eigenvalue weighted by molar-refractivity contribution is 5.77. The summed E-state index contributed by atoms with van der Waals surface area (Å²) in [5.41, 5.74) is 2.71. The summed E-state index contributed by atoms with van der Waals surface area (Å²) in [6.07, 6.45) is 9.97. The van der Waals surface area contributed by atoms with E-state index >= 15 is 0 Å². The average Bonchev–Trinajstić information content (AvgIpc) is 2.63. The normalized spacial score (nSPS) is 30.2. The fraction of sp³-hybridized carbons (Fsp3) is 0.667. The van der Waals surface area contributed by atoms with Gasteiger partial charge in [0.15, 0.2) is 0 Å². The van der Waals surface area contributed by atoms with Crippen LogP contribution in [0.25, 0.3) is 0 Å². The molecule has 0 saturated heterocycles. The van der Waals surface area contributed by atoms with E-state index in [1.807, 2.05) is 0 Å². The zero-order valence-corrected chi connectivity index (χ0v) is 17.1. The predicted octanol–water partition coefficient (Wildman–Crippen LogP) is 3.77. The molecule has 4 bridgehead atoms. The van der Waals surface area contributed by atoms with E-state index in [9.17, 15) is 9.59 Å². The van der Waals surface area contributed by atoms with Gasteiger partial charge in [0.1, 0.15) is 0 Å². The second-order valence-corrected chi connectivity index (χ2v) is 9.78. The molecule has 4 nitrogen and oxygen atoms in total. The molecule has 0 heterocycles. The Bertz CT molecular complexity index is 675. The number of aryl methyl sites for hydroxylation is 2. The first-order chi connectivity index (χ1) is 13.5. The maximum Gasteiger partial charge on any atom is 0.220 e. The molecule has 0 atom stereocenters. The van der Waals surface area contributed by atoms with Crippen molar-refractivity contribution in [1.29, 1.82) is 0 Å². The molecule has 2 N–H and O–H groups in total. The Hall–Kier alpha value is -1.84. The third-order valence-corrected chi connectivity index (χ3v) is 7.23. The maximum absolute atomic E-state index is 12.5. The maximum atomic E-state index is 12.5. The molecule has 4 heteroatoms. The lowest BCUT2D eigenvalue weighted by Gasteiger charge is -2.56. The summed E-state index contributed by atoms with van der Waals surface area (Å²) in [7, 11) is 0. The minimum atomic E-state index is 0.0518. The second kappa shape index (κ2) is 8.26. The van der Waals surface area contributed by atoms with E-state index in [2.05, 4.69) is 41.8 Å². The summed E-state index contributed by atoms with van der Waals surface area (Å²) in [6, 6.07) is 8.31. The lowest BCUT2D eigenvalue weighted by atomic mass is 9.49. The molecule has 28 heavy (non-hydrogen) atoms. The second-order valence-electron chi connectivity index (χ2n) is 9.78. The van der Waals surface area contributed by atoms with Crippen molar-refractivity contribution in [2.45, 2.75) is 64.7 Å². The fourth-order valence-corrected chi connectivity index (χ4v) is 6.41. The van der Waals surface area contributed by atoms with Crippen LogP contribution in [0, 0.1) is 30.1 Å². The van der Waals surface area contributed by atoms with Gasteiger partial charge in [-0.25, -0.2) is 0 Å². The summed E-state index contributed by atoms with van der Waals surface area (Å²) in [4.78, 5) is 24.5. The Morgan fingerprint density at radius 1 is 0.893 bits per heavy atom. The standard InChI is InChI=1S/C24H34N2O2/c1-17-2-4-18(5-3-17)6-7-22(27)25-8-9-26-23(28)16-24-13-19-10-20(14-24)12-21(11-19)15-24/h2-5,19-21H,6-16H2,1H3,(H,25,27)(H,26,28). The van der Waals surface area contributed by atoms with E-state index in [0.717, 1.165) is 24.2 Å². The van der Waals surface area contributed by atoms with Gasteiger partial charge in [-0.3, -0.25) is 9.59 Å². The van der Waals surface area contributed by atoms with Crippen LogP contribution in [-0.2, 0) is 16.0 Å². The van der Waals surface area contributed by atoms with Gasteiger partial charge in [-0.05, 0) is 80.6 Å². The van der Waals surface area contributed by atoms with Gasteiger partial charge in [0.2, 0.25) is 11.8 Å². The summed E-state index contributed by atoms with van der Waals surface area (Å²) >= 11 is 0. The van der Waals surface area contributed by atoms with Crippen LogP contribution in [0.4, 0.5) is 0 Å². The van der Waals surface area contributed by atoms with Gasteiger partial charge in [-0.2, -0.15) is 0 Å². The SMILES string of the molecule is Cc1ccc(CCC(=O)NCCNC(=O)CC23CC4CC(CC(C4)C2)C3)cc1. The van der Waals surface area contributed by atoms with E-state index in [1.165, 1.54) is 49.7 Å². The number of nitrogens with one attached hydrogen (secondary N) is 2. The van der Waals surface area contributed by atoms with Gasteiger partial charge in [-0.15, -0.1) is 0 Å². The largest absolute Gasteiger partial charge is 0.354 e. The topological polar surface area (TPSA) is 58.2 Å². The van der Waals surface area contributed by atoms with Crippen molar-refractivity contribution in [2.75, 3.05) is 13.1 Å². The molecule has 4 aliphatic carbocycles. The molecule has 152 valence electrons. The van der Waals surface area contributed by atoms with Crippen LogP contribution in [-0.4, -0.2) is 24.9 Å². The zero-order chi connectivity index (χ0) is 19.6. The van der Waals surface area contributed by atoms with Crippen molar-refractivity contribution in [1.82, 2.24) is 10.6 Å². The number of hydrogen-bond acceptors (Lipinski definition) is 2. The smallest absolute Gasteiger partial charge is 0.220 e. The first-order valence-electron chi connectivity index (χ1n) is 11.1. The molecule has 2 amide bonds. The summed E-state index contributed by atoms with van der Waals surface area (Å²) in [5.74, 6) is 2.87. The molecule has 4 fully saturated rings. The van der Waals surface area contributed by atoms with Crippen molar-refractivity contribution in [2.24, 2.45) is 23.2 Å². The van der Waals surface area contributed by atoms with E-state index in [1.54, 1.807) is 0 Å². The molecule has 0 aromatic heterocycles. The van der Waals surface area contributed by atoms with Gasteiger partial charge in [-0.1, -0.05) is 29.8 Å². The Morgan fingerprint density at radius 2 is 1.43 bits per heavy atom. The summed E-state index contributed by atoms with van der Waals surface area (Å²) < 4.78 is 0. The van der Waals surface area contributed by atoms with E-state index in [-0.39, 0.29) is 17.2 Å². The van der Waals surface area contributed by atoms with Gasteiger partial charge in [0, 0.05) is 25.9 Å². The molecule has 0 radical (unpaired) electrons. The lowest BCUT2D eigenvalue weighted by Crippen LogP contribution is -2.48. The monoisotopic (exact) mass is 382 g/mol. The van der Waals surface area contributed by atoms with Crippen LogP contribution in [0.1, 0.15) is 62.5 Å². The van der Waals surface area contributed by atoms with Crippen molar-refractivity contribution >= 4 is 11.8 Å². The fourth-order valence-electron chi connectivity index (χ4n) is 6.41. The molecule has 0 unspecified atom stereocenters. The Morgan fingerprint density at radius 3 is 2.00 bits per heavy atom.